The van der Waals surface area contributed by atoms with E-state index in [0.717, 1.165) is 22.9 Å². The summed E-state index contributed by atoms with van der Waals surface area (Å²) >= 11 is 7.86. The normalized spacial score (nSPS) is 12.7. The van der Waals surface area contributed by atoms with Crippen LogP contribution >= 0.6 is 22.9 Å². The molecule has 0 saturated carbocycles. The molecule has 0 spiro atoms. The van der Waals surface area contributed by atoms with E-state index in [1.54, 1.807) is 18.4 Å². The van der Waals surface area contributed by atoms with Crippen LogP contribution < -0.4 is 10.1 Å². The van der Waals surface area contributed by atoms with Crippen molar-refractivity contribution >= 4 is 22.9 Å². The van der Waals surface area contributed by atoms with Gasteiger partial charge in [-0.05, 0) is 35.6 Å². The molecule has 0 bridgehead atoms. The van der Waals surface area contributed by atoms with E-state index in [1.807, 2.05) is 18.2 Å². The first-order valence-electron chi connectivity index (χ1n) is 6.71. The van der Waals surface area contributed by atoms with Gasteiger partial charge < -0.3 is 10.1 Å². The SMILES string of the molecule is COc1ccc(Cl)cc1CNC(c1cccs1)C(C)C. The molecule has 1 atom stereocenters. The molecule has 1 unspecified atom stereocenters. The van der Waals surface area contributed by atoms with Crippen LogP contribution in [0.3, 0.4) is 0 Å². The number of benzene rings is 1. The molecule has 1 aromatic carbocycles. The van der Waals surface area contributed by atoms with Crippen LogP contribution in [0.1, 0.15) is 30.3 Å². The minimum Gasteiger partial charge on any atom is -0.496 e. The Morgan fingerprint density at radius 3 is 2.70 bits per heavy atom. The molecule has 0 aliphatic heterocycles. The predicted octanol–water partition coefficient (Wildman–Crippen LogP) is 4.90. The van der Waals surface area contributed by atoms with Gasteiger partial charge in [-0.25, -0.2) is 0 Å². The topological polar surface area (TPSA) is 21.3 Å². The van der Waals surface area contributed by atoms with Crippen molar-refractivity contribution in [2.24, 2.45) is 5.92 Å². The van der Waals surface area contributed by atoms with Gasteiger partial charge in [0.15, 0.2) is 0 Å². The van der Waals surface area contributed by atoms with Crippen LogP contribution in [0, 0.1) is 5.92 Å². The number of rotatable bonds is 6. The molecule has 1 N–H and O–H groups in total. The van der Waals surface area contributed by atoms with Crippen molar-refractivity contribution in [3.63, 3.8) is 0 Å². The first kappa shape index (κ1) is 15.4. The van der Waals surface area contributed by atoms with Crippen molar-refractivity contribution in [2.75, 3.05) is 7.11 Å². The summed E-state index contributed by atoms with van der Waals surface area (Å²) in [7, 11) is 1.69. The Hall–Kier alpha value is -1.03. The summed E-state index contributed by atoms with van der Waals surface area (Å²) in [5.74, 6) is 1.40. The predicted molar refractivity (Wildman–Crippen MR) is 86.7 cm³/mol. The summed E-state index contributed by atoms with van der Waals surface area (Å²) in [5, 5.41) is 6.46. The molecule has 1 aromatic heterocycles. The molecule has 0 radical (unpaired) electrons. The minimum atomic E-state index is 0.346. The second kappa shape index (κ2) is 7.11. The van der Waals surface area contributed by atoms with Crippen molar-refractivity contribution in [3.8, 4) is 5.75 Å². The second-order valence-electron chi connectivity index (χ2n) is 5.07. The van der Waals surface area contributed by atoms with Crippen molar-refractivity contribution in [2.45, 2.75) is 26.4 Å². The Balaban J connectivity index is 2.12. The summed E-state index contributed by atoms with van der Waals surface area (Å²) < 4.78 is 5.39. The quantitative estimate of drug-likeness (QED) is 0.819. The molecular weight excluding hydrogens is 290 g/mol. The van der Waals surface area contributed by atoms with E-state index in [0.29, 0.717) is 12.0 Å². The van der Waals surface area contributed by atoms with Gasteiger partial charge in [0, 0.05) is 28.0 Å². The highest BCUT2D eigenvalue weighted by Crippen LogP contribution is 2.28. The van der Waals surface area contributed by atoms with Gasteiger partial charge in [0.1, 0.15) is 5.75 Å². The van der Waals surface area contributed by atoms with Gasteiger partial charge in [0.25, 0.3) is 0 Å². The fourth-order valence-corrected chi connectivity index (χ4v) is 3.41. The molecule has 108 valence electrons. The lowest BCUT2D eigenvalue weighted by atomic mass is 10.0. The average molecular weight is 310 g/mol. The van der Waals surface area contributed by atoms with Gasteiger partial charge in [0.05, 0.1) is 7.11 Å². The van der Waals surface area contributed by atoms with Gasteiger partial charge in [-0.3, -0.25) is 0 Å². The van der Waals surface area contributed by atoms with Gasteiger partial charge >= 0.3 is 0 Å². The van der Waals surface area contributed by atoms with Gasteiger partial charge in [-0.2, -0.15) is 0 Å². The van der Waals surface area contributed by atoms with E-state index >= 15 is 0 Å². The van der Waals surface area contributed by atoms with Crippen LogP contribution in [0.5, 0.6) is 5.75 Å². The summed E-state index contributed by atoms with van der Waals surface area (Å²) in [6.07, 6.45) is 0. The summed E-state index contributed by atoms with van der Waals surface area (Å²) in [6, 6.07) is 10.3. The lowest BCUT2D eigenvalue weighted by molar-refractivity contribution is 0.391. The van der Waals surface area contributed by atoms with Crippen LogP contribution in [-0.4, -0.2) is 7.11 Å². The zero-order chi connectivity index (χ0) is 14.5. The molecule has 1 heterocycles. The van der Waals surface area contributed by atoms with Crippen LogP contribution in [0.15, 0.2) is 35.7 Å². The van der Waals surface area contributed by atoms with E-state index in [-0.39, 0.29) is 0 Å². The molecule has 2 aromatic rings. The average Bonchev–Trinajstić information content (AvgIpc) is 2.92. The Labute approximate surface area is 129 Å². The highest BCUT2D eigenvalue weighted by molar-refractivity contribution is 7.10. The number of ether oxygens (including phenoxy) is 1. The maximum Gasteiger partial charge on any atom is 0.123 e. The van der Waals surface area contributed by atoms with Crippen molar-refractivity contribution in [3.05, 3.63) is 51.2 Å². The van der Waals surface area contributed by atoms with E-state index in [2.05, 4.69) is 36.7 Å². The van der Waals surface area contributed by atoms with Crippen molar-refractivity contribution < 1.29 is 4.74 Å². The number of halogens is 1. The van der Waals surface area contributed by atoms with Crippen molar-refractivity contribution in [1.29, 1.82) is 0 Å². The Morgan fingerprint density at radius 1 is 1.30 bits per heavy atom. The number of nitrogens with one attached hydrogen (secondary N) is 1. The third-order valence-electron chi connectivity index (χ3n) is 3.27. The Morgan fingerprint density at radius 2 is 2.10 bits per heavy atom. The first-order chi connectivity index (χ1) is 9.61. The van der Waals surface area contributed by atoms with Crippen LogP contribution in [-0.2, 0) is 6.54 Å². The number of thiophene rings is 1. The lowest BCUT2D eigenvalue weighted by Crippen LogP contribution is -2.24. The summed E-state index contributed by atoms with van der Waals surface area (Å²) in [6.45, 7) is 5.20. The molecule has 2 rings (SSSR count). The standard InChI is InChI=1S/C16H20ClNOS/c1-11(2)16(15-5-4-8-20-15)18-10-12-9-13(17)6-7-14(12)19-3/h4-9,11,16,18H,10H2,1-3H3. The molecule has 0 aliphatic rings. The Kier molecular flexibility index (Phi) is 5.46. The highest BCUT2D eigenvalue weighted by Gasteiger charge is 2.17. The zero-order valence-electron chi connectivity index (χ0n) is 12.0. The summed E-state index contributed by atoms with van der Waals surface area (Å²) in [5.41, 5.74) is 1.09. The monoisotopic (exact) mass is 309 g/mol. The number of methoxy groups -OCH3 is 1. The maximum atomic E-state index is 6.07. The van der Waals surface area contributed by atoms with Crippen LogP contribution in [0.25, 0.3) is 0 Å². The first-order valence-corrected chi connectivity index (χ1v) is 7.96. The number of hydrogen-bond acceptors (Lipinski definition) is 3. The third-order valence-corrected chi connectivity index (χ3v) is 4.46. The second-order valence-corrected chi connectivity index (χ2v) is 6.49. The zero-order valence-corrected chi connectivity index (χ0v) is 13.6. The molecule has 0 aliphatic carbocycles. The fourth-order valence-electron chi connectivity index (χ4n) is 2.24. The third kappa shape index (κ3) is 3.75. The molecular formula is C16H20ClNOS. The minimum absolute atomic E-state index is 0.346. The molecule has 4 heteroatoms. The molecule has 0 fully saturated rings. The summed E-state index contributed by atoms with van der Waals surface area (Å²) in [4.78, 5) is 1.36. The van der Waals surface area contributed by atoms with E-state index < -0.39 is 0 Å². The molecule has 20 heavy (non-hydrogen) atoms. The molecule has 0 amide bonds. The lowest BCUT2D eigenvalue weighted by Gasteiger charge is -2.22. The maximum absolute atomic E-state index is 6.07. The van der Waals surface area contributed by atoms with E-state index in [4.69, 9.17) is 16.3 Å². The van der Waals surface area contributed by atoms with E-state index in [9.17, 15) is 0 Å². The fraction of sp³-hybridized carbons (Fsp3) is 0.375. The largest absolute Gasteiger partial charge is 0.496 e. The van der Waals surface area contributed by atoms with Gasteiger partial charge in [-0.1, -0.05) is 31.5 Å². The van der Waals surface area contributed by atoms with Gasteiger partial charge in [-0.15, -0.1) is 11.3 Å². The highest BCUT2D eigenvalue weighted by atomic mass is 35.5. The van der Waals surface area contributed by atoms with Crippen LogP contribution in [0.4, 0.5) is 0 Å². The van der Waals surface area contributed by atoms with Crippen LogP contribution in [0.2, 0.25) is 5.02 Å². The smallest absolute Gasteiger partial charge is 0.123 e. The molecule has 2 nitrogen and oxygen atoms in total. The molecule has 0 saturated heterocycles. The number of hydrogen-bond donors (Lipinski definition) is 1. The van der Waals surface area contributed by atoms with Crippen molar-refractivity contribution in [1.82, 2.24) is 5.32 Å². The van der Waals surface area contributed by atoms with Gasteiger partial charge in [0.2, 0.25) is 0 Å². The Bertz CT molecular complexity index is 539. The van der Waals surface area contributed by atoms with E-state index in [1.165, 1.54) is 4.88 Å².